The molecule has 29 heavy (non-hydrogen) atoms. The highest BCUT2D eigenvalue weighted by Crippen LogP contribution is 2.29. The fraction of sp³-hybridized carbons (Fsp3) is 0.100. The second-order valence-corrected chi connectivity index (χ2v) is 8.67. The molecular weight excluding hydrogens is 410 g/mol. The molecule has 0 amide bonds. The first-order valence-corrected chi connectivity index (χ1v) is 11.1. The van der Waals surface area contributed by atoms with E-state index in [1.54, 1.807) is 42.7 Å². The lowest BCUT2D eigenvalue weighted by atomic mass is 10.3. The summed E-state index contributed by atoms with van der Waals surface area (Å²) in [5.74, 6) is 1.09. The minimum Gasteiger partial charge on any atom is -0.495 e. The first-order chi connectivity index (χ1) is 14.0. The minimum absolute atomic E-state index is 0.0908. The molecule has 0 bridgehead atoms. The third kappa shape index (κ3) is 4.36. The molecule has 0 unspecified atom stereocenters. The van der Waals surface area contributed by atoms with E-state index in [1.165, 1.54) is 31.0 Å². The van der Waals surface area contributed by atoms with Gasteiger partial charge in [-0.3, -0.25) is 9.71 Å². The standard InChI is InChI=1S/C20H17N3O4S2/c1-26-18-7-3-2-6-16(18)23-29(24,25)15-8-9-19-17(11-15)22-20(27-19)28-13-14-5-4-10-21-12-14/h2-12,23H,13H2,1H3. The van der Waals surface area contributed by atoms with Gasteiger partial charge in [0.2, 0.25) is 0 Å². The van der Waals surface area contributed by atoms with Gasteiger partial charge in [0.15, 0.2) is 5.58 Å². The predicted molar refractivity (Wildman–Crippen MR) is 112 cm³/mol. The molecule has 0 radical (unpaired) electrons. The van der Waals surface area contributed by atoms with Crippen LogP contribution in [-0.4, -0.2) is 25.5 Å². The van der Waals surface area contributed by atoms with Crippen molar-refractivity contribution < 1.29 is 17.6 Å². The predicted octanol–water partition coefficient (Wildman–Crippen LogP) is 4.32. The van der Waals surface area contributed by atoms with Crippen LogP contribution < -0.4 is 9.46 Å². The molecule has 2 aromatic heterocycles. The first kappa shape index (κ1) is 19.3. The number of rotatable bonds is 7. The van der Waals surface area contributed by atoms with E-state index in [1.807, 2.05) is 12.1 Å². The Morgan fingerprint density at radius 3 is 2.79 bits per heavy atom. The van der Waals surface area contributed by atoms with Crippen LogP contribution in [-0.2, 0) is 15.8 Å². The number of para-hydroxylation sites is 2. The Morgan fingerprint density at radius 2 is 2.00 bits per heavy atom. The number of methoxy groups -OCH3 is 1. The van der Waals surface area contributed by atoms with Gasteiger partial charge in [0.1, 0.15) is 11.3 Å². The summed E-state index contributed by atoms with van der Waals surface area (Å²) in [7, 11) is -2.32. The average molecular weight is 428 g/mol. The average Bonchev–Trinajstić information content (AvgIpc) is 3.15. The molecular formula is C20H17N3O4S2. The van der Waals surface area contributed by atoms with Gasteiger partial charge in [0, 0.05) is 18.1 Å². The number of hydrogen-bond donors (Lipinski definition) is 1. The summed E-state index contributed by atoms with van der Waals surface area (Å²) in [6, 6.07) is 15.2. The summed E-state index contributed by atoms with van der Waals surface area (Å²) in [5.41, 5.74) is 2.41. The second-order valence-electron chi connectivity index (χ2n) is 6.07. The fourth-order valence-corrected chi connectivity index (χ4v) is 4.54. The van der Waals surface area contributed by atoms with Crippen molar-refractivity contribution in [2.45, 2.75) is 15.9 Å². The number of anilines is 1. The normalized spacial score (nSPS) is 11.5. The molecule has 1 N–H and O–H groups in total. The highest BCUT2D eigenvalue weighted by Gasteiger charge is 2.18. The van der Waals surface area contributed by atoms with Crippen molar-refractivity contribution in [2.24, 2.45) is 0 Å². The third-order valence-electron chi connectivity index (χ3n) is 4.09. The van der Waals surface area contributed by atoms with Crippen molar-refractivity contribution >= 4 is 38.6 Å². The van der Waals surface area contributed by atoms with Gasteiger partial charge < -0.3 is 9.15 Å². The fourth-order valence-electron chi connectivity index (χ4n) is 2.68. The topological polar surface area (TPSA) is 94.3 Å². The summed E-state index contributed by atoms with van der Waals surface area (Å²) in [4.78, 5) is 8.57. The Labute approximate surface area is 172 Å². The van der Waals surface area contributed by atoms with E-state index in [0.717, 1.165) is 5.56 Å². The van der Waals surface area contributed by atoms with Gasteiger partial charge in [0.25, 0.3) is 15.2 Å². The van der Waals surface area contributed by atoms with Crippen molar-refractivity contribution in [3.63, 3.8) is 0 Å². The molecule has 2 aromatic carbocycles. The van der Waals surface area contributed by atoms with Gasteiger partial charge in [0.05, 0.1) is 17.7 Å². The van der Waals surface area contributed by atoms with Crippen molar-refractivity contribution in [1.82, 2.24) is 9.97 Å². The molecule has 0 aliphatic rings. The maximum absolute atomic E-state index is 12.8. The van der Waals surface area contributed by atoms with Gasteiger partial charge in [-0.25, -0.2) is 13.4 Å². The van der Waals surface area contributed by atoms with Gasteiger partial charge in [-0.1, -0.05) is 30.0 Å². The molecule has 0 saturated heterocycles. The van der Waals surface area contributed by atoms with Crippen molar-refractivity contribution in [1.29, 1.82) is 0 Å². The number of nitrogens with zero attached hydrogens (tertiary/aromatic N) is 2. The van der Waals surface area contributed by atoms with Crippen molar-refractivity contribution in [2.75, 3.05) is 11.8 Å². The number of pyridine rings is 1. The quantitative estimate of drug-likeness (QED) is 0.439. The number of fused-ring (bicyclic) bond motifs is 1. The number of ether oxygens (including phenoxy) is 1. The SMILES string of the molecule is COc1ccccc1NS(=O)(=O)c1ccc2oc(SCc3cccnc3)nc2c1. The lowest BCUT2D eigenvalue weighted by Gasteiger charge is -2.11. The number of nitrogens with one attached hydrogen (secondary N) is 1. The van der Waals surface area contributed by atoms with Crippen LogP contribution in [0.1, 0.15) is 5.56 Å². The molecule has 2 heterocycles. The van der Waals surface area contributed by atoms with E-state index in [-0.39, 0.29) is 4.90 Å². The molecule has 0 aliphatic heterocycles. The van der Waals surface area contributed by atoms with E-state index < -0.39 is 10.0 Å². The van der Waals surface area contributed by atoms with Crippen molar-refractivity contribution in [3.8, 4) is 5.75 Å². The molecule has 4 aromatic rings. The van der Waals surface area contributed by atoms with E-state index >= 15 is 0 Å². The molecule has 0 aliphatic carbocycles. The van der Waals surface area contributed by atoms with Crippen LogP contribution in [0.4, 0.5) is 5.69 Å². The number of thioether (sulfide) groups is 1. The van der Waals surface area contributed by atoms with E-state index in [0.29, 0.717) is 33.5 Å². The van der Waals surface area contributed by atoms with Gasteiger partial charge in [-0.2, -0.15) is 0 Å². The number of aromatic nitrogens is 2. The van der Waals surface area contributed by atoms with Crippen molar-refractivity contribution in [3.05, 3.63) is 72.6 Å². The number of benzene rings is 2. The van der Waals surface area contributed by atoms with Crippen LogP contribution >= 0.6 is 11.8 Å². The maximum atomic E-state index is 12.8. The number of hydrogen-bond acceptors (Lipinski definition) is 7. The third-order valence-corrected chi connectivity index (χ3v) is 6.35. The van der Waals surface area contributed by atoms with Gasteiger partial charge in [-0.05, 0) is 42.0 Å². The molecule has 7 nitrogen and oxygen atoms in total. The van der Waals surface area contributed by atoms with E-state index in [9.17, 15) is 8.42 Å². The lowest BCUT2D eigenvalue weighted by Crippen LogP contribution is -2.13. The summed E-state index contributed by atoms with van der Waals surface area (Å²) >= 11 is 1.42. The summed E-state index contributed by atoms with van der Waals surface area (Å²) in [6.07, 6.45) is 3.50. The molecule has 9 heteroatoms. The second kappa shape index (κ2) is 8.14. The first-order valence-electron chi connectivity index (χ1n) is 8.63. The molecule has 0 fully saturated rings. The molecule has 0 atom stereocenters. The van der Waals surface area contributed by atoms with Crippen LogP contribution in [0.5, 0.6) is 5.75 Å². The monoisotopic (exact) mass is 427 g/mol. The molecule has 0 spiro atoms. The molecule has 148 valence electrons. The Balaban J connectivity index is 1.56. The number of oxazole rings is 1. The van der Waals surface area contributed by atoms with Crippen LogP contribution in [0.2, 0.25) is 0 Å². The Morgan fingerprint density at radius 1 is 1.14 bits per heavy atom. The summed E-state index contributed by atoms with van der Waals surface area (Å²) in [6.45, 7) is 0. The van der Waals surface area contributed by atoms with E-state index in [4.69, 9.17) is 9.15 Å². The van der Waals surface area contributed by atoms with Crippen LogP contribution in [0.15, 0.2) is 81.5 Å². The van der Waals surface area contributed by atoms with E-state index in [2.05, 4.69) is 14.7 Å². The maximum Gasteiger partial charge on any atom is 0.262 e. The lowest BCUT2D eigenvalue weighted by molar-refractivity contribution is 0.417. The molecule has 0 saturated carbocycles. The van der Waals surface area contributed by atoms with Crippen LogP contribution in [0.25, 0.3) is 11.1 Å². The highest BCUT2D eigenvalue weighted by molar-refractivity contribution is 7.98. The van der Waals surface area contributed by atoms with Crippen LogP contribution in [0, 0.1) is 0 Å². The minimum atomic E-state index is -3.81. The summed E-state index contributed by atoms with van der Waals surface area (Å²) < 4.78 is 39.0. The smallest absolute Gasteiger partial charge is 0.262 e. The summed E-state index contributed by atoms with van der Waals surface area (Å²) in [5, 5.41) is 0.469. The Bertz CT molecular complexity index is 1240. The zero-order chi connectivity index (χ0) is 20.3. The Kier molecular flexibility index (Phi) is 5.41. The van der Waals surface area contributed by atoms with Gasteiger partial charge in [-0.15, -0.1) is 0 Å². The van der Waals surface area contributed by atoms with Gasteiger partial charge >= 0.3 is 0 Å². The van der Waals surface area contributed by atoms with Crippen LogP contribution in [0.3, 0.4) is 0 Å². The zero-order valence-electron chi connectivity index (χ0n) is 15.4. The number of sulfonamides is 1. The largest absolute Gasteiger partial charge is 0.495 e. The Hall–Kier alpha value is -3.04. The highest BCUT2D eigenvalue weighted by atomic mass is 32.2. The zero-order valence-corrected chi connectivity index (χ0v) is 17.0. The molecule has 4 rings (SSSR count).